The number of hydrogen-bond donors (Lipinski definition) is 0. The summed E-state index contributed by atoms with van der Waals surface area (Å²) in [6.07, 6.45) is 0. The minimum atomic E-state index is -0.0312. The van der Waals surface area contributed by atoms with Crippen LogP contribution in [0.25, 0.3) is 99.8 Å². The SMILES string of the molecule is c1ccc(C2C(c3cc(-c4ccc5oc6ccc(-c7ccc8c(c7)c7ccccc7n8-c7ccccc7)cc6c5c4)cc(-c4nc5ccccc5n4-c4ccccc4)c3)=Nc3ccccc32)cc1. The number of imidazole rings is 1. The van der Waals surface area contributed by atoms with Gasteiger partial charge in [0.2, 0.25) is 0 Å². The van der Waals surface area contributed by atoms with Crippen LogP contribution >= 0.6 is 0 Å². The number of para-hydroxylation sites is 6. The van der Waals surface area contributed by atoms with Gasteiger partial charge in [0.05, 0.1) is 39.4 Å². The molecule has 0 N–H and O–H groups in total. The molecule has 5 nitrogen and oxygen atoms in total. The van der Waals surface area contributed by atoms with Crippen molar-refractivity contribution in [2.75, 3.05) is 0 Å². The molecule has 0 saturated carbocycles. The van der Waals surface area contributed by atoms with Crippen LogP contribution in [0.3, 0.4) is 0 Å². The fourth-order valence-electron chi connectivity index (χ4n) is 10.7. The third-order valence-corrected chi connectivity index (χ3v) is 13.8. The zero-order valence-electron chi connectivity index (χ0n) is 36.8. The minimum absolute atomic E-state index is 0.0312. The third kappa shape index (κ3) is 6.10. The highest BCUT2D eigenvalue weighted by Gasteiger charge is 2.31. The summed E-state index contributed by atoms with van der Waals surface area (Å²) in [5.74, 6) is 0.840. The number of furan rings is 1. The lowest BCUT2D eigenvalue weighted by atomic mass is 9.84. The smallest absolute Gasteiger partial charge is 0.145 e. The monoisotopic (exact) mass is 868 g/mol. The Morgan fingerprint density at radius 3 is 1.66 bits per heavy atom. The number of rotatable bonds is 7. The molecule has 13 aromatic rings. The predicted octanol–water partition coefficient (Wildman–Crippen LogP) is 16.3. The molecule has 68 heavy (non-hydrogen) atoms. The summed E-state index contributed by atoms with van der Waals surface area (Å²) in [6, 6.07) is 84.5. The first-order chi connectivity index (χ1) is 33.7. The average Bonchev–Trinajstić information content (AvgIpc) is 4.18. The van der Waals surface area contributed by atoms with Gasteiger partial charge in [0.1, 0.15) is 17.0 Å². The first-order valence-corrected chi connectivity index (χ1v) is 23.2. The van der Waals surface area contributed by atoms with Gasteiger partial charge in [0.15, 0.2) is 0 Å². The van der Waals surface area contributed by atoms with Crippen molar-refractivity contribution in [1.29, 1.82) is 0 Å². The molecule has 1 unspecified atom stereocenters. The molecule has 1 aliphatic heterocycles. The lowest BCUT2D eigenvalue weighted by Crippen LogP contribution is -2.12. The van der Waals surface area contributed by atoms with E-state index in [1.165, 1.54) is 32.9 Å². The maximum absolute atomic E-state index is 6.57. The van der Waals surface area contributed by atoms with Gasteiger partial charge in [-0.3, -0.25) is 9.56 Å². The van der Waals surface area contributed by atoms with E-state index in [-0.39, 0.29) is 5.92 Å². The molecular weight excluding hydrogens is 829 g/mol. The molecule has 0 bridgehead atoms. The Balaban J connectivity index is 0.948. The number of benzene rings is 10. The molecule has 1 aliphatic rings. The van der Waals surface area contributed by atoms with E-state index in [9.17, 15) is 0 Å². The van der Waals surface area contributed by atoms with Crippen molar-refractivity contribution in [3.63, 3.8) is 0 Å². The minimum Gasteiger partial charge on any atom is -0.456 e. The number of aliphatic imine (C=N–C) groups is 1. The summed E-state index contributed by atoms with van der Waals surface area (Å²) in [5, 5.41) is 4.60. The second-order valence-corrected chi connectivity index (χ2v) is 17.7. The van der Waals surface area contributed by atoms with Crippen LogP contribution in [0.5, 0.6) is 0 Å². The van der Waals surface area contributed by atoms with E-state index in [1.54, 1.807) is 0 Å². The molecule has 0 amide bonds. The molecule has 3 aromatic heterocycles. The largest absolute Gasteiger partial charge is 0.456 e. The highest BCUT2D eigenvalue weighted by molar-refractivity contribution is 6.14. The summed E-state index contributed by atoms with van der Waals surface area (Å²) in [5.41, 5.74) is 19.2. The molecule has 0 saturated heterocycles. The van der Waals surface area contributed by atoms with Crippen LogP contribution < -0.4 is 0 Å². The van der Waals surface area contributed by atoms with Crippen molar-refractivity contribution >= 4 is 66.2 Å². The van der Waals surface area contributed by atoms with Crippen LogP contribution in [0.15, 0.2) is 246 Å². The molecule has 1 atom stereocenters. The second kappa shape index (κ2) is 15.3. The molecular formula is C63H40N4O. The molecule has 318 valence electrons. The van der Waals surface area contributed by atoms with E-state index in [4.69, 9.17) is 14.4 Å². The molecule has 10 aromatic carbocycles. The van der Waals surface area contributed by atoms with Gasteiger partial charge in [0, 0.05) is 38.5 Å². The zero-order chi connectivity index (χ0) is 44.7. The zero-order valence-corrected chi connectivity index (χ0v) is 36.8. The van der Waals surface area contributed by atoms with E-state index in [0.717, 1.165) is 95.0 Å². The van der Waals surface area contributed by atoms with E-state index in [1.807, 2.05) is 0 Å². The summed E-state index contributed by atoms with van der Waals surface area (Å²) >= 11 is 0. The topological polar surface area (TPSA) is 48.2 Å². The van der Waals surface area contributed by atoms with Gasteiger partial charge in [0.25, 0.3) is 0 Å². The lowest BCUT2D eigenvalue weighted by Gasteiger charge is -2.18. The van der Waals surface area contributed by atoms with Crippen LogP contribution in [0, 0.1) is 0 Å². The maximum Gasteiger partial charge on any atom is 0.145 e. The molecule has 14 rings (SSSR count). The normalized spacial score (nSPS) is 13.5. The van der Waals surface area contributed by atoms with Crippen molar-refractivity contribution < 1.29 is 4.42 Å². The van der Waals surface area contributed by atoms with Crippen LogP contribution in [0.2, 0.25) is 0 Å². The Morgan fingerprint density at radius 2 is 0.912 bits per heavy atom. The van der Waals surface area contributed by atoms with Gasteiger partial charge in [-0.05, 0) is 142 Å². The Bertz CT molecular complexity index is 4140. The summed E-state index contributed by atoms with van der Waals surface area (Å²) < 4.78 is 11.2. The van der Waals surface area contributed by atoms with E-state index < -0.39 is 0 Å². The highest BCUT2D eigenvalue weighted by Crippen LogP contribution is 2.44. The Labute approximate surface area is 392 Å². The average molecular weight is 869 g/mol. The fourth-order valence-corrected chi connectivity index (χ4v) is 10.7. The van der Waals surface area contributed by atoms with Crippen LogP contribution in [0.4, 0.5) is 5.69 Å². The van der Waals surface area contributed by atoms with Gasteiger partial charge in [-0.15, -0.1) is 0 Å². The highest BCUT2D eigenvalue weighted by atomic mass is 16.3. The van der Waals surface area contributed by atoms with E-state index in [0.29, 0.717) is 0 Å². The van der Waals surface area contributed by atoms with E-state index in [2.05, 4.69) is 246 Å². The molecule has 5 heteroatoms. The summed E-state index contributed by atoms with van der Waals surface area (Å²) in [4.78, 5) is 10.8. The lowest BCUT2D eigenvalue weighted by molar-refractivity contribution is 0.669. The van der Waals surface area contributed by atoms with Crippen LogP contribution in [-0.2, 0) is 0 Å². The van der Waals surface area contributed by atoms with E-state index >= 15 is 0 Å². The van der Waals surface area contributed by atoms with Gasteiger partial charge < -0.3 is 8.98 Å². The first kappa shape index (κ1) is 38.2. The number of fused-ring (bicyclic) bond motifs is 8. The van der Waals surface area contributed by atoms with Crippen molar-refractivity contribution in [2.24, 2.45) is 4.99 Å². The van der Waals surface area contributed by atoms with Crippen molar-refractivity contribution in [3.05, 3.63) is 253 Å². The molecule has 0 radical (unpaired) electrons. The van der Waals surface area contributed by atoms with Crippen molar-refractivity contribution in [1.82, 2.24) is 14.1 Å². The van der Waals surface area contributed by atoms with Crippen LogP contribution in [0.1, 0.15) is 22.6 Å². The Morgan fingerprint density at radius 1 is 0.368 bits per heavy atom. The number of hydrogen-bond acceptors (Lipinski definition) is 3. The summed E-state index contributed by atoms with van der Waals surface area (Å²) in [7, 11) is 0. The quantitative estimate of drug-likeness (QED) is 0.160. The number of aromatic nitrogens is 3. The maximum atomic E-state index is 6.57. The summed E-state index contributed by atoms with van der Waals surface area (Å²) in [6.45, 7) is 0. The van der Waals surface area contributed by atoms with Gasteiger partial charge in [-0.1, -0.05) is 133 Å². The van der Waals surface area contributed by atoms with Gasteiger partial charge >= 0.3 is 0 Å². The standard InChI is InChI=1S/C63H40N4O/c1-4-16-40(17-5-1)61-50-23-10-12-24-54(50)64-62(61)45-34-44(35-46(36-45)63-65-55-25-13-15-27-58(55)67(63)48-20-8-3-9-21-48)43-30-33-60-53(39-43)52-38-42(29-32-59(52)68-60)41-28-31-57-51(37-41)49-22-11-14-26-56(49)66(57)47-18-6-2-7-19-47/h1-39,61H. The molecule has 4 heterocycles. The fraction of sp³-hybridized carbons (Fsp3) is 0.0159. The third-order valence-electron chi connectivity index (χ3n) is 13.8. The van der Waals surface area contributed by atoms with Crippen molar-refractivity contribution in [2.45, 2.75) is 5.92 Å². The molecule has 0 fully saturated rings. The van der Waals surface area contributed by atoms with Crippen LogP contribution in [-0.4, -0.2) is 19.8 Å². The van der Waals surface area contributed by atoms with Gasteiger partial charge in [-0.25, -0.2) is 4.98 Å². The Hall–Kier alpha value is -9.06. The molecule has 0 spiro atoms. The molecule has 0 aliphatic carbocycles. The first-order valence-electron chi connectivity index (χ1n) is 23.2. The Kier molecular flexibility index (Phi) is 8.58. The predicted molar refractivity (Wildman–Crippen MR) is 280 cm³/mol. The second-order valence-electron chi connectivity index (χ2n) is 17.7. The van der Waals surface area contributed by atoms with Gasteiger partial charge in [-0.2, -0.15) is 0 Å². The van der Waals surface area contributed by atoms with Crippen molar-refractivity contribution in [3.8, 4) is 45.0 Å². The number of nitrogens with zero attached hydrogens (tertiary/aromatic N) is 4.